The molecule has 1 aliphatic heterocycles. The fourth-order valence-electron chi connectivity index (χ4n) is 3.38. The number of H-pyrrole nitrogens is 1. The van der Waals surface area contributed by atoms with Crippen LogP contribution in [0.15, 0.2) is 24.8 Å². The van der Waals surface area contributed by atoms with Crippen LogP contribution in [0, 0.1) is 0 Å². The summed E-state index contributed by atoms with van der Waals surface area (Å²) in [7, 11) is 0. The molecule has 3 aromatic rings. The number of aryl methyl sites for hydroxylation is 2. The maximum absolute atomic E-state index is 5.49. The van der Waals surface area contributed by atoms with E-state index in [1.165, 1.54) is 0 Å². The van der Waals surface area contributed by atoms with E-state index in [0.717, 1.165) is 62.1 Å². The Morgan fingerprint density at radius 2 is 2.15 bits per heavy atom. The Morgan fingerprint density at radius 1 is 1.31 bits per heavy atom. The van der Waals surface area contributed by atoms with E-state index >= 15 is 0 Å². The molecule has 138 valence electrons. The van der Waals surface area contributed by atoms with Crippen LogP contribution in [0.4, 0.5) is 0 Å². The lowest BCUT2D eigenvalue weighted by atomic mass is 10.00. The Labute approximate surface area is 152 Å². The van der Waals surface area contributed by atoms with Gasteiger partial charge in [0.15, 0.2) is 11.6 Å². The van der Waals surface area contributed by atoms with E-state index in [4.69, 9.17) is 14.8 Å². The van der Waals surface area contributed by atoms with Crippen LogP contribution in [-0.2, 0) is 17.7 Å². The first kappa shape index (κ1) is 17.0. The zero-order valence-electron chi connectivity index (χ0n) is 15.3. The summed E-state index contributed by atoms with van der Waals surface area (Å²) in [6.07, 6.45) is 8.19. The number of ether oxygens (including phenoxy) is 1. The van der Waals surface area contributed by atoms with E-state index in [-0.39, 0.29) is 6.04 Å². The molecule has 0 amide bonds. The molecule has 4 heterocycles. The first-order valence-corrected chi connectivity index (χ1v) is 9.26. The number of nitrogens with zero attached hydrogens (tertiary/aromatic N) is 6. The van der Waals surface area contributed by atoms with Crippen molar-refractivity contribution < 1.29 is 4.74 Å². The molecule has 1 N–H and O–H groups in total. The van der Waals surface area contributed by atoms with Crippen LogP contribution in [0.25, 0.3) is 11.5 Å². The molecule has 0 bridgehead atoms. The molecule has 0 saturated carbocycles. The molecule has 4 rings (SSSR count). The Balaban J connectivity index is 1.67. The maximum Gasteiger partial charge on any atom is 0.176 e. The minimum atomic E-state index is 0.268. The number of rotatable bonds is 6. The lowest BCUT2D eigenvalue weighted by Gasteiger charge is -2.18. The molecule has 26 heavy (non-hydrogen) atoms. The standard InChI is InChI=1S/C18H25N7O/c1-13(2)25-16(3-7-21-25)18-22-17(14-5-9-26-10-6-14)23-24(18)8-4-15-11-19-12-20-15/h3,7,11-14H,4-6,8-10H2,1-2H3,(H,19,20). The minimum absolute atomic E-state index is 0.268. The van der Waals surface area contributed by atoms with E-state index in [1.54, 1.807) is 6.33 Å². The van der Waals surface area contributed by atoms with Crippen molar-refractivity contribution in [2.45, 2.75) is 51.6 Å². The van der Waals surface area contributed by atoms with Gasteiger partial charge in [0.25, 0.3) is 0 Å². The third kappa shape index (κ3) is 3.41. The minimum Gasteiger partial charge on any atom is -0.381 e. The Bertz CT molecular complexity index is 828. The molecule has 0 aromatic carbocycles. The van der Waals surface area contributed by atoms with E-state index in [1.807, 2.05) is 27.8 Å². The fraction of sp³-hybridized carbons (Fsp3) is 0.556. The second-order valence-corrected chi connectivity index (χ2v) is 6.99. The highest BCUT2D eigenvalue weighted by atomic mass is 16.5. The summed E-state index contributed by atoms with van der Waals surface area (Å²) in [6.45, 7) is 6.57. The molecule has 0 radical (unpaired) electrons. The van der Waals surface area contributed by atoms with Crippen molar-refractivity contribution >= 4 is 0 Å². The summed E-state index contributed by atoms with van der Waals surface area (Å²) in [5, 5.41) is 9.33. The van der Waals surface area contributed by atoms with Crippen molar-refractivity contribution in [2.75, 3.05) is 13.2 Å². The van der Waals surface area contributed by atoms with Gasteiger partial charge in [-0.2, -0.15) is 10.2 Å². The van der Waals surface area contributed by atoms with Crippen molar-refractivity contribution in [2.24, 2.45) is 0 Å². The number of nitrogens with one attached hydrogen (secondary N) is 1. The van der Waals surface area contributed by atoms with E-state index < -0.39 is 0 Å². The van der Waals surface area contributed by atoms with Gasteiger partial charge in [-0.15, -0.1) is 0 Å². The van der Waals surface area contributed by atoms with Crippen molar-refractivity contribution in [1.29, 1.82) is 0 Å². The van der Waals surface area contributed by atoms with Crippen molar-refractivity contribution in [1.82, 2.24) is 34.5 Å². The van der Waals surface area contributed by atoms with Crippen LogP contribution in [0.3, 0.4) is 0 Å². The highest BCUT2D eigenvalue weighted by Crippen LogP contribution is 2.28. The predicted molar refractivity (Wildman–Crippen MR) is 96.7 cm³/mol. The van der Waals surface area contributed by atoms with Gasteiger partial charge in [-0.3, -0.25) is 4.68 Å². The molecule has 1 fully saturated rings. The van der Waals surface area contributed by atoms with Gasteiger partial charge >= 0.3 is 0 Å². The van der Waals surface area contributed by atoms with Gasteiger partial charge in [-0.1, -0.05) is 0 Å². The summed E-state index contributed by atoms with van der Waals surface area (Å²) >= 11 is 0. The van der Waals surface area contributed by atoms with Crippen molar-refractivity contribution in [3.05, 3.63) is 36.3 Å². The topological polar surface area (TPSA) is 86.4 Å². The number of imidazole rings is 1. The molecule has 3 aromatic heterocycles. The lowest BCUT2D eigenvalue weighted by molar-refractivity contribution is 0.0835. The Morgan fingerprint density at radius 3 is 2.88 bits per heavy atom. The van der Waals surface area contributed by atoms with Gasteiger partial charge in [-0.25, -0.2) is 14.6 Å². The molecule has 0 spiro atoms. The van der Waals surface area contributed by atoms with Crippen LogP contribution >= 0.6 is 0 Å². The Hall–Kier alpha value is -2.48. The average Bonchev–Trinajstić information content (AvgIpc) is 3.39. The quantitative estimate of drug-likeness (QED) is 0.734. The van der Waals surface area contributed by atoms with Crippen LogP contribution < -0.4 is 0 Å². The molecule has 1 aliphatic rings. The normalized spacial score (nSPS) is 15.8. The third-order valence-corrected chi connectivity index (χ3v) is 4.81. The number of aromatic amines is 1. The van der Waals surface area contributed by atoms with Gasteiger partial charge in [-0.05, 0) is 32.8 Å². The van der Waals surface area contributed by atoms with Crippen molar-refractivity contribution in [3.63, 3.8) is 0 Å². The molecule has 8 nitrogen and oxygen atoms in total. The maximum atomic E-state index is 5.49. The molecule has 8 heteroatoms. The van der Waals surface area contributed by atoms with Crippen LogP contribution in [-0.4, -0.2) is 47.7 Å². The van der Waals surface area contributed by atoms with E-state index in [2.05, 4.69) is 28.9 Å². The monoisotopic (exact) mass is 355 g/mol. The number of hydrogen-bond acceptors (Lipinski definition) is 5. The average molecular weight is 355 g/mol. The zero-order chi connectivity index (χ0) is 17.9. The van der Waals surface area contributed by atoms with Crippen molar-refractivity contribution in [3.8, 4) is 11.5 Å². The molecule has 1 saturated heterocycles. The van der Waals surface area contributed by atoms with Gasteiger partial charge in [0.1, 0.15) is 5.69 Å². The van der Waals surface area contributed by atoms with Crippen LogP contribution in [0.5, 0.6) is 0 Å². The summed E-state index contributed by atoms with van der Waals surface area (Å²) in [5.74, 6) is 2.17. The molecule has 0 atom stereocenters. The fourth-order valence-corrected chi connectivity index (χ4v) is 3.38. The van der Waals surface area contributed by atoms with Gasteiger partial charge in [0.2, 0.25) is 0 Å². The second-order valence-electron chi connectivity index (χ2n) is 6.99. The molecular formula is C18H25N7O. The van der Waals surface area contributed by atoms with E-state index in [9.17, 15) is 0 Å². The van der Waals surface area contributed by atoms with Gasteiger partial charge in [0, 0.05) is 56.2 Å². The van der Waals surface area contributed by atoms with Gasteiger partial charge < -0.3 is 9.72 Å². The first-order valence-electron chi connectivity index (χ1n) is 9.26. The number of aromatic nitrogens is 7. The predicted octanol–water partition coefficient (Wildman–Crippen LogP) is 2.58. The van der Waals surface area contributed by atoms with Gasteiger partial charge in [0.05, 0.1) is 6.33 Å². The largest absolute Gasteiger partial charge is 0.381 e. The first-order chi connectivity index (χ1) is 12.7. The lowest BCUT2D eigenvalue weighted by Crippen LogP contribution is -2.15. The third-order valence-electron chi connectivity index (χ3n) is 4.81. The summed E-state index contributed by atoms with van der Waals surface area (Å²) in [4.78, 5) is 12.2. The summed E-state index contributed by atoms with van der Waals surface area (Å²) in [5.41, 5.74) is 2.10. The Kier molecular flexibility index (Phi) is 4.83. The SMILES string of the molecule is CC(C)n1nccc1-c1nc(C2CCOCC2)nn1CCc1cnc[nH]1. The molecule has 0 aliphatic carbocycles. The van der Waals surface area contributed by atoms with Crippen LogP contribution in [0.2, 0.25) is 0 Å². The number of hydrogen-bond donors (Lipinski definition) is 1. The summed E-state index contributed by atoms with van der Waals surface area (Å²) < 4.78 is 9.51. The van der Waals surface area contributed by atoms with E-state index in [0.29, 0.717) is 5.92 Å². The van der Waals surface area contributed by atoms with Crippen LogP contribution in [0.1, 0.15) is 50.2 Å². The highest BCUT2D eigenvalue weighted by molar-refractivity contribution is 5.50. The zero-order valence-corrected chi connectivity index (χ0v) is 15.3. The summed E-state index contributed by atoms with van der Waals surface area (Å²) in [6, 6.07) is 2.29. The molecule has 0 unspecified atom stereocenters. The highest BCUT2D eigenvalue weighted by Gasteiger charge is 2.24. The molecular weight excluding hydrogens is 330 g/mol. The second kappa shape index (κ2) is 7.41. The smallest absolute Gasteiger partial charge is 0.176 e.